The summed E-state index contributed by atoms with van der Waals surface area (Å²) in [4.78, 5) is 8.15. The molecule has 0 atom stereocenters. The van der Waals surface area contributed by atoms with Crippen molar-refractivity contribution >= 4 is 23.6 Å². The van der Waals surface area contributed by atoms with Crippen molar-refractivity contribution in [3.05, 3.63) is 15.5 Å². The number of aromatic amines is 1. The fraction of sp³-hybridized carbons (Fsp3) is 0.545. The van der Waals surface area contributed by atoms with Gasteiger partial charge in [-0.25, -0.2) is 10.1 Å². The van der Waals surface area contributed by atoms with Gasteiger partial charge < -0.3 is 9.15 Å². The lowest BCUT2D eigenvalue weighted by Gasteiger charge is -2.25. The Kier molecular flexibility index (Phi) is 3.74. The quantitative estimate of drug-likeness (QED) is 0.874. The van der Waals surface area contributed by atoms with E-state index in [0.29, 0.717) is 5.89 Å². The average molecular weight is 298 g/mol. The van der Waals surface area contributed by atoms with Crippen LogP contribution in [0.15, 0.2) is 4.42 Å². The van der Waals surface area contributed by atoms with Gasteiger partial charge in [0.25, 0.3) is 10.7 Å². The molecule has 3 rings (SSSR count). The molecule has 2 aromatic heterocycles. The predicted molar refractivity (Wildman–Crippen MR) is 73.6 cm³/mol. The number of ether oxygens (including phenoxy) is 1. The lowest BCUT2D eigenvalue weighted by atomic mass is 10.4. The van der Waals surface area contributed by atoms with Gasteiger partial charge in [-0.15, -0.1) is 16.4 Å². The first kappa shape index (κ1) is 12.9. The number of H-pyrrole nitrogens is 1. The summed E-state index contributed by atoms with van der Waals surface area (Å²) in [6, 6.07) is 0. The summed E-state index contributed by atoms with van der Waals surface area (Å²) in [6.45, 7) is 6.31. The standard InChI is InChI=1S/C11H14N4O2S2/c1-7-9(10-13-14-11(18)17-10)19-8(12-7)6-15-2-4-16-5-3-15/h2-6H2,1H3,(H,14,18). The minimum absolute atomic E-state index is 0.289. The minimum Gasteiger partial charge on any atom is -0.408 e. The molecule has 19 heavy (non-hydrogen) atoms. The van der Waals surface area contributed by atoms with Crippen molar-refractivity contribution in [2.45, 2.75) is 13.5 Å². The highest BCUT2D eigenvalue weighted by Crippen LogP contribution is 2.29. The number of hydrogen-bond donors (Lipinski definition) is 1. The maximum absolute atomic E-state index is 5.34. The number of aryl methyl sites for hydroxylation is 1. The fourth-order valence-corrected chi connectivity index (χ4v) is 3.15. The summed E-state index contributed by atoms with van der Waals surface area (Å²) >= 11 is 6.49. The van der Waals surface area contributed by atoms with Crippen LogP contribution in [0.1, 0.15) is 10.7 Å². The molecule has 0 aromatic carbocycles. The first-order valence-corrected chi connectivity index (χ1v) is 7.27. The van der Waals surface area contributed by atoms with Gasteiger partial charge in [-0.1, -0.05) is 0 Å². The van der Waals surface area contributed by atoms with Crippen LogP contribution in [0.3, 0.4) is 0 Å². The minimum atomic E-state index is 0.289. The predicted octanol–water partition coefficient (Wildman–Crippen LogP) is 2.00. The van der Waals surface area contributed by atoms with Crippen LogP contribution < -0.4 is 0 Å². The molecule has 0 spiro atoms. The van der Waals surface area contributed by atoms with Gasteiger partial charge in [0.05, 0.1) is 25.5 Å². The number of hydrogen-bond acceptors (Lipinski definition) is 7. The van der Waals surface area contributed by atoms with E-state index >= 15 is 0 Å². The van der Waals surface area contributed by atoms with Gasteiger partial charge in [-0.2, -0.15) is 0 Å². The van der Waals surface area contributed by atoms with Crippen LogP contribution in [0, 0.1) is 11.8 Å². The van der Waals surface area contributed by atoms with Gasteiger partial charge >= 0.3 is 0 Å². The van der Waals surface area contributed by atoms with E-state index in [1.165, 1.54) is 0 Å². The summed E-state index contributed by atoms with van der Waals surface area (Å²) in [5, 5.41) is 7.75. The van der Waals surface area contributed by atoms with E-state index in [4.69, 9.17) is 21.4 Å². The Balaban J connectivity index is 1.79. The number of morpholine rings is 1. The Labute approximate surface area is 119 Å². The van der Waals surface area contributed by atoms with Gasteiger partial charge in [-0.05, 0) is 19.1 Å². The summed E-state index contributed by atoms with van der Waals surface area (Å²) in [5.74, 6) is 0.522. The zero-order chi connectivity index (χ0) is 13.2. The second-order valence-corrected chi connectivity index (χ2v) is 5.78. The molecule has 0 amide bonds. The molecule has 2 aromatic rings. The largest absolute Gasteiger partial charge is 0.408 e. The van der Waals surface area contributed by atoms with Crippen LogP contribution in [0.4, 0.5) is 0 Å². The number of aromatic nitrogens is 3. The van der Waals surface area contributed by atoms with E-state index in [9.17, 15) is 0 Å². The Morgan fingerprint density at radius 2 is 2.21 bits per heavy atom. The van der Waals surface area contributed by atoms with E-state index in [1.54, 1.807) is 11.3 Å². The second kappa shape index (κ2) is 5.49. The molecule has 1 aliphatic heterocycles. The van der Waals surface area contributed by atoms with Crippen molar-refractivity contribution in [1.82, 2.24) is 20.1 Å². The topological polar surface area (TPSA) is 67.2 Å². The van der Waals surface area contributed by atoms with E-state index in [2.05, 4.69) is 20.1 Å². The van der Waals surface area contributed by atoms with Gasteiger partial charge in [0.2, 0.25) is 0 Å². The number of nitrogens with one attached hydrogen (secondary N) is 1. The van der Waals surface area contributed by atoms with Crippen molar-refractivity contribution in [2.24, 2.45) is 0 Å². The van der Waals surface area contributed by atoms with E-state index in [1.807, 2.05) is 6.92 Å². The number of nitrogens with zero attached hydrogens (tertiary/aromatic N) is 3. The third kappa shape index (κ3) is 2.92. The lowest BCUT2D eigenvalue weighted by Crippen LogP contribution is -2.35. The molecule has 0 aliphatic carbocycles. The third-order valence-electron chi connectivity index (χ3n) is 2.94. The highest BCUT2D eigenvalue weighted by molar-refractivity contribution is 7.71. The first-order valence-electron chi connectivity index (χ1n) is 6.04. The second-order valence-electron chi connectivity index (χ2n) is 4.33. The number of thiazole rings is 1. The molecule has 102 valence electrons. The molecule has 1 fully saturated rings. The van der Waals surface area contributed by atoms with Crippen LogP contribution in [-0.4, -0.2) is 46.4 Å². The van der Waals surface area contributed by atoms with Crippen LogP contribution in [0.25, 0.3) is 10.8 Å². The lowest BCUT2D eigenvalue weighted by molar-refractivity contribution is 0.0341. The smallest absolute Gasteiger partial charge is 0.284 e. The molecule has 3 heterocycles. The van der Waals surface area contributed by atoms with Gasteiger partial charge in [0.15, 0.2) is 0 Å². The van der Waals surface area contributed by atoms with Crippen molar-refractivity contribution < 1.29 is 9.15 Å². The molecular formula is C11H14N4O2S2. The van der Waals surface area contributed by atoms with Crippen LogP contribution in [0.5, 0.6) is 0 Å². The molecule has 0 saturated carbocycles. The highest BCUT2D eigenvalue weighted by atomic mass is 32.1. The Hall–Kier alpha value is -1.09. The Morgan fingerprint density at radius 3 is 2.89 bits per heavy atom. The zero-order valence-corrected chi connectivity index (χ0v) is 12.1. The van der Waals surface area contributed by atoms with Crippen molar-refractivity contribution in [3.63, 3.8) is 0 Å². The molecule has 1 saturated heterocycles. The normalized spacial score (nSPS) is 16.9. The Bertz CT molecular complexity index is 612. The van der Waals surface area contributed by atoms with Gasteiger partial charge in [-0.3, -0.25) is 4.90 Å². The summed E-state index contributed by atoms with van der Waals surface area (Å²) in [7, 11) is 0. The van der Waals surface area contributed by atoms with E-state index in [-0.39, 0.29) is 4.84 Å². The summed E-state index contributed by atoms with van der Waals surface area (Å²) < 4.78 is 10.7. The zero-order valence-electron chi connectivity index (χ0n) is 10.5. The molecule has 6 nitrogen and oxygen atoms in total. The summed E-state index contributed by atoms with van der Waals surface area (Å²) in [5.41, 5.74) is 0.929. The molecule has 0 radical (unpaired) electrons. The first-order chi connectivity index (χ1) is 9.22. The molecule has 0 unspecified atom stereocenters. The SMILES string of the molecule is Cc1nc(CN2CCOCC2)sc1-c1n[nH]c(=S)o1. The maximum atomic E-state index is 5.34. The van der Waals surface area contributed by atoms with Crippen molar-refractivity contribution in [2.75, 3.05) is 26.3 Å². The van der Waals surface area contributed by atoms with Gasteiger partial charge in [0, 0.05) is 13.1 Å². The van der Waals surface area contributed by atoms with Crippen LogP contribution in [0.2, 0.25) is 0 Å². The van der Waals surface area contributed by atoms with Gasteiger partial charge in [0.1, 0.15) is 9.88 Å². The third-order valence-corrected chi connectivity index (χ3v) is 4.24. The molecule has 1 N–H and O–H groups in total. The van der Waals surface area contributed by atoms with Crippen molar-refractivity contribution in [1.29, 1.82) is 0 Å². The number of rotatable bonds is 3. The fourth-order valence-electron chi connectivity index (χ4n) is 2.00. The molecule has 8 heteroatoms. The molecular weight excluding hydrogens is 284 g/mol. The maximum Gasteiger partial charge on any atom is 0.284 e. The highest BCUT2D eigenvalue weighted by Gasteiger charge is 2.17. The van der Waals surface area contributed by atoms with Crippen molar-refractivity contribution in [3.8, 4) is 10.8 Å². The molecule has 0 bridgehead atoms. The monoisotopic (exact) mass is 298 g/mol. The van der Waals surface area contributed by atoms with Crippen LogP contribution >= 0.6 is 23.6 Å². The Morgan fingerprint density at radius 1 is 1.42 bits per heavy atom. The van der Waals surface area contributed by atoms with E-state index in [0.717, 1.165) is 48.4 Å². The summed E-state index contributed by atoms with van der Waals surface area (Å²) in [6.07, 6.45) is 0. The van der Waals surface area contributed by atoms with E-state index < -0.39 is 0 Å². The van der Waals surface area contributed by atoms with Crippen LogP contribution in [-0.2, 0) is 11.3 Å². The molecule has 1 aliphatic rings. The average Bonchev–Trinajstić information content (AvgIpc) is 2.97.